The molecule has 1 aromatic rings. The standard InChI is InChI=1S/C9H12N2O2S/c1-6-4-7(9(10)14)5-8(11-6)13-3-2-12/h4-5,12H,2-3H2,1H3,(H2,10,14). The fraction of sp³-hybridized carbons (Fsp3) is 0.333. The van der Waals surface area contributed by atoms with Crippen molar-refractivity contribution >= 4 is 17.2 Å². The van der Waals surface area contributed by atoms with Crippen molar-refractivity contribution in [2.45, 2.75) is 6.92 Å². The fourth-order valence-corrected chi connectivity index (χ4v) is 1.12. The van der Waals surface area contributed by atoms with Crippen LogP contribution in [0.3, 0.4) is 0 Å². The van der Waals surface area contributed by atoms with Gasteiger partial charge < -0.3 is 15.6 Å². The number of aliphatic hydroxyl groups is 1. The zero-order valence-electron chi connectivity index (χ0n) is 7.86. The molecular weight excluding hydrogens is 200 g/mol. The molecule has 0 bridgehead atoms. The first-order chi connectivity index (χ1) is 6.63. The highest BCUT2D eigenvalue weighted by molar-refractivity contribution is 7.80. The van der Waals surface area contributed by atoms with Crippen LogP contribution in [0.15, 0.2) is 12.1 Å². The van der Waals surface area contributed by atoms with Crippen molar-refractivity contribution in [1.82, 2.24) is 4.98 Å². The van der Waals surface area contributed by atoms with Crippen LogP contribution in [0.25, 0.3) is 0 Å². The summed E-state index contributed by atoms with van der Waals surface area (Å²) in [6.45, 7) is 2.00. The Balaban J connectivity index is 2.89. The first kappa shape index (κ1) is 10.9. The third kappa shape index (κ3) is 2.93. The van der Waals surface area contributed by atoms with E-state index in [4.69, 9.17) is 27.8 Å². The lowest BCUT2D eigenvalue weighted by Crippen LogP contribution is -2.11. The molecule has 0 unspecified atom stereocenters. The average Bonchev–Trinajstić information content (AvgIpc) is 2.14. The minimum atomic E-state index is -0.0436. The van der Waals surface area contributed by atoms with Gasteiger partial charge in [0.2, 0.25) is 5.88 Å². The zero-order chi connectivity index (χ0) is 10.6. The van der Waals surface area contributed by atoms with Crippen LogP contribution >= 0.6 is 12.2 Å². The predicted molar refractivity (Wildman–Crippen MR) is 57.4 cm³/mol. The lowest BCUT2D eigenvalue weighted by atomic mass is 10.2. The number of aromatic nitrogens is 1. The number of nitrogens with two attached hydrogens (primary N) is 1. The summed E-state index contributed by atoms with van der Waals surface area (Å²) in [4.78, 5) is 4.41. The van der Waals surface area contributed by atoms with E-state index in [-0.39, 0.29) is 13.2 Å². The Kier molecular flexibility index (Phi) is 3.79. The van der Waals surface area contributed by atoms with Crippen LogP contribution in [0, 0.1) is 6.92 Å². The van der Waals surface area contributed by atoms with E-state index in [2.05, 4.69) is 4.98 Å². The lowest BCUT2D eigenvalue weighted by Gasteiger charge is -2.06. The van der Waals surface area contributed by atoms with Crippen molar-refractivity contribution in [3.63, 3.8) is 0 Å². The van der Waals surface area contributed by atoms with E-state index in [9.17, 15) is 0 Å². The van der Waals surface area contributed by atoms with Crippen molar-refractivity contribution in [1.29, 1.82) is 0 Å². The van der Waals surface area contributed by atoms with Gasteiger partial charge in [0.05, 0.1) is 6.61 Å². The van der Waals surface area contributed by atoms with Gasteiger partial charge in [-0.3, -0.25) is 0 Å². The van der Waals surface area contributed by atoms with Gasteiger partial charge in [0.25, 0.3) is 0 Å². The number of rotatable bonds is 4. The van der Waals surface area contributed by atoms with Crippen LogP contribution in [0.4, 0.5) is 0 Å². The van der Waals surface area contributed by atoms with E-state index in [1.54, 1.807) is 12.1 Å². The summed E-state index contributed by atoms with van der Waals surface area (Å²) >= 11 is 4.84. The predicted octanol–water partition coefficient (Wildman–Crippen LogP) is 0.395. The maximum Gasteiger partial charge on any atom is 0.214 e. The molecule has 4 nitrogen and oxygen atoms in total. The molecule has 0 aliphatic carbocycles. The van der Waals surface area contributed by atoms with Crippen LogP contribution in [-0.4, -0.2) is 28.3 Å². The maximum absolute atomic E-state index is 8.57. The van der Waals surface area contributed by atoms with E-state index < -0.39 is 0 Å². The molecule has 1 aromatic heterocycles. The molecule has 5 heteroatoms. The Hall–Kier alpha value is -1.20. The number of thiocarbonyl (C=S) groups is 1. The van der Waals surface area contributed by atoms with Crippen LogP contribution in [-0.2, 0) is 0 Å². The third-order valence-corrected chi connectivity index (χ3v) is 1.79. The molecule has 1 rings (SSSR count). The van der Waals surface area contributed by atoms with Crippen molar-refractivity contribution in [2.75, 3.05) is 13.2 Å². The van der Waals surface area contributed by atoms with E-state index >= 15 is 0 Å². The molecule has 0 saturated heterocycles. The van der Waals surface area contributed by atoms with E-state index in [0.717, 1.165) is 11.3 Å². The van der Waals surface area contributed by atoms with Gasteiger partial charge in [-0.15, -0.1) is 0 Å². The van der Waals surface area contributed by atoms with Gasteiger partial charge in [-0.05, 0) is 13.0 Å². The largest absolute Gasteiger partial charge is 0.475 e. The third-order valence-electron chi connectivity index (χ3n) is 1.56. The fourth-order valence-electron chi connectivity index (χ4n) is 1.00. The molecule has 14 heavy (non-hydrogen) atoms. The Morgan fingerprint density at radius 2 is 2.36 bits per heavy atom. The Bertz CT molecular complexity index is 342. The summed E-state index contributed by atoms with van der Waals surface area (Å²) in [5.41, 5.74) is 6.98. The SMILES string of the molecule is Cc1cc(C(N)=S)cc(OCCO)n1. The van der Waals surface area contributed by atoms with Gasteiger partial charge in [-0.2, -0.15) is 0 Å². The summed E-state index contributed by atoms with van der Waals surface area (Å²) in [7, 11) is 0. The number of hydrogen-bond acceptors (Lipinski definition) is 4. The highest BCUT2D eigenvalue weighted by Gasteiger charge is 2.02. The molecular formula is C9H12N2O2S. The minimum Gasteiger partial charge on any atom is -0.475 e. The van der Waals surface area contributed by atoms with Crippen molar-refractivity contribution in [3.05, 3.63) is 23.4 Å². The number of pyridine rings is 1. The molecule has 0 atom stereocenters. The summed E-state index contributed by atoms with van der Waals surface area (Å²) in [5.74, 6) is 0.432. The van der Waals surface area contributed by atoms with Gasteiger partial charge in [-0.25, -0.2) is 4.98 Å². The maximum atomic E-state index is 8.57. The van der Waals surface area contributed by atoms with Crippen LogP contribution < -0.4 is 10.5 Å². The number of ether oxygens (including phenoxy) is 1. The molecule has 0 aromatic carbocycles. The molecule has 0 spiro atoms. The Morgan fingerprint density at radius 1 is 1.64 bits per heavy atom. The molecule has 0 fully saturated rings. The van der Waals surface area contributed by atoms with Crippen molar-refractivity contribution in [2.24, 2.45) is 5.73 Å². The summed E-state index contributed by atoms with van der Waals surface area (Å²) in [5, 5.41) is 8.57. The van der Waals surface area contributed by atoms with E-state index in [0.29, 0.717) is 10.9 Å². The second-order valence-electron chi connectivity index (χ2n) is 2.77. The molecule has 0 aliphatic heterocycles. The van der Waals surface area contributed by atoms with Crippen LogP contribution in [0.1, 0.15) is 11.3 Å². The van der Waals surface area contributed by atoms with Gasteiger partial charge >= 0.3 is 0 Å². The Morgan fingerprint density at radius 3 is 2.93 bits per heavy atom. The molecule has 76 valence electrons. The number of aryl methyl sites for hydroxylation is 1. The zero-order valence-corrected chi connectivity index (χ0v) is 8.67. The van der Waals surface area contributed by atoms with E-state index in [1.165, 1.54) is 0 Å². The summed E-state index contributed by atoms with van der Waals surface area (Å²) in [6, 6.07) is 3.44. The minimum absolute atomic E-state index is 0.0436. The van der Waals surface area contributed by atoms with Crippen molar-refractivity contribution < 1.29 is 9.84 Å². The molecule has 0 aliphatic rings. The first-order valence-corrected chi connectivity index (χ1v) is 4.56. The normalized spacial score (nSPS) is 9.86. The van der Waals surface area contributed by atoms with Gasteiger partial charge in [-0.1, -0.05) is 12.2 Å². The summed E-state index contributed by atoms with van der Waals surface area (Å²) in [6.07, 6.45) is 0. The van der Waals surface area contributed by atoms with Crippen LogP contribution in [0.5, 0.6) is 5.88 Å². The number of nitrogens with zero attached hydrogens (tertiary/aromatic N) is 1. The summed E-state index contributed by atoms with van der Waals surface area (Å²) < 4.78 is 5.15. The monoisotopic (exact) mass is 212 g/mol. The van der Waals surface area contributed by atoms with Gasteiger partial charge in [0, 0.05) is 17.3 Å². The quantitative estimate of drug-likeness (QED) is 0.707. The highest BCUT2D eigenvalue weighted by atomic mass is 32.1. The average molecular weight is 212 g/mol. The lowest BCUT2D eigenvalue weighted by molar-refractivity contribution is 0.196. The molecule has 1 heterocycles. The second kappa shape index (κ2) is 4.88. The van der Waals surface area contributed by atoms with Gasteiger partial charge in [0.1, 0.15) is 11.6 Å². The van der Waals surface area contributed by atoms with Crippen molar-refractivity contribution in [3.8, 4) is 5.88 Å². The first-order valence-electron chi connectivity index (χ1n) is 4.15. The van der Waals surface area contributed by atoms with E-state index in [1.807, 2.05) is 6.92 Å². The molecule has 3 N–H and O–H groups in total. The number of aliphatic hydroxyl groups excluding tert-OH is 1. The Labute approximate surface area is 87.7 Å². The second-order valence-corrected chi connectivity index (χ2v) is 3.21. The van der Waals surface area contributed by atoms with Gasteiger partial charge in [0.15, 0.2) is 0 Å². The molecule has 0 radical (unpaired) electrons. The topological polar surface area (TPSA) is 68.4 Å². The van der Waals surface area contributed by atoms with Crippen LogP contribution in [0.2, 0.25) is 0 Å². The molecule has 0 amide bonds. The molecule has 0 saturated carbocycles. The number of hydrogen-bond donors (Lipinski definition) is 2. The smallest absolute Gasteiger partial charge is 0.214 e. The highest BCUT2D eigenvalue weighted by Crippen LogP contribution is 2.12.